The molecule has 2 atom stereocenters. The SMILES string of the molecule is CC(C)(C)c1cc(Oc2ccc3c4ccccc4n(-c4cc(C(C)(C)C)ccn4)c3c2)cc(C2=N[C@]3(C)CCCCC[C@]3(C)O2)c1. The molecule has 3 aromatic carbocycles. The Hall–Kier alpha value is -4.12. The first-order chi connectivity index (χ1) is 21.7. The van der Waals surface area contributed by atoms with Gasteiger partial charge in [0.25, 0.3) is 0 Å². The van der Waals surface area contributed by atoms with Crippen molar-refractivity contribution in [2.75, 3.05) is 0 Å². The summed E-state index contributed by atoms with van der Waals surface area (Å²) in [4.78, 5) is 10.1. The van der Waals surface area contributed by atoms with Crippen LogP contribution in [0.2, 0.25) is 0 Å². The monoisotopic (exact) mass is 613 g/mol. The molecular formula is C41H47N3O2. The number of pyridine rings is 1. The molecular weight excluding hydrogens is 566 g/mol. The summed E-state index contributed by atoms with van der Waals surface area (Å²) in [7, 11) is 0. The molecule has 1 fully saturated rings. The number of aliphatic imine (C=N–C) groups is 1. The zero-order valence-electron chi connectivity index (χ0n) is 28.7. The van der Waals surface area contributed by atoms with Crippen LogP contribution in [-0.4, -0.2) is 26.6 Å². The van der Waals surface area contributed by atoms with Gasteiger partial charge in [0, 0.05) is 28.6 Å². The van der Waals surface area contributed by atoms with E-state index in [0.29, 0.717) is 0 Å². The molecule has 0 spiro atoms. The van der Waals surface area contributed by atoms with Crippen molar-refractivity contribution in [3.05, 3.63) is 95.7 Å². The summed E-state index contributed by atoms with van der Waals surface area (Å²) < 4.78 is 15.8. The van der Waals surface area contributed by atoms with E-state index in [0.717, 1.165) is 52.7 Å². The Labute approximate surface area is 273 Å². The summed E-state index contributed by atoms with van der Waals surface area (Å²) in [5.41, 5.74) is 5.05. The molecule has 1 aliphatic carbocycles. The van der Waals surface area contributed by atoms with E-state index in [1.807, 2.05) is 6.20 Å². The molecule has 2 aromatic heterocycles. The van der Waals surface area contributed by atoms with E-state index >= 15 is 0 Å². The van der Waals surface area contributed by atoms with E-state index in [1.54, 1.807) is 0 Å². The number of para-hydroxylation sites is 1. The Morgan fingerprint density at radius 1 is 0.717 bits per heavy atom. The van der Waals surface area contributed by atoms with E-state index in [4.69, 9.17) is 19.5 Å². The number of hydrogen-bond acceptors (Lipinski definition) is 4. The van der Waals surface area contributed by atoms with Crippen molar-refractivity contribution in [3.63, 3.8) is 0 Å². The highest BCUT2D eigenvalue weighted by Gasteiger charge is 2.52. The van der Waals surface area contributed by atoms with E-state index in [-0.39, 0.29) is 22.0 Å². The van der Waals surface area contributed by atoms with Gasteiger partial charge in [-0.2, -0.15) is 0 Å². The fourth-order valence-corrected chi connectivity index (χ4v) is 7.18. The minimum atomic E-state index is -0.283. The maximum absolute atomic E-state index is 6.77. The Morgan fingerprint density at radius 3 is 2.24 bits per heavy atom. The molecule has 2 aliphatic rings. The van der Waals surface area contributed by atoms with Gasteiger partial charge in [-0.3, -0.25) is 4.57 Å². The highest BCUT2D eigenvalue weighted by molar-refractivity contribution is 6.09. The molecule has 7 rings (SSSR count). The van der Waals surface area contributed by atoms with Gasteiger partial charge in [-0.1, -0.05) is 72.6 Å². The minimum Gasteiger partial charge on any atom is -0.469 e. The maximum Gasteiger partial charge on any atom is 0.217 e. The maximum atomic E-state index is 6.77. The van der Waals surface area contributed by atoms with Crippen molar-refractivity contribution in [2.24, 2.45) is 4.99 Å². The molecule has 46 heavy (non-hydrogen) atoms. The van der Waals surface area contributed by atoms with Crippen LogP contribution in [0.1, 0.15) is 104 Å². The quantitative estimate of drug-likeness (QED) is 0.203. The van der Waals surface area contributed by atoms with Crippen LogP contribution >= 0.6 is 0 Å². The van der Waals surface area contributed by atoms with E-state index < -0.39 is 0 Å². The predicted molar refractivity (Wildman–Crippen MR) is 190 cm³/mol. The molecule has 0 unspecified atom stereocenters. The fourth-order valence-electron chi connectivity index (χ4n) is 7.18. The number of benzene rings is 3. The standard InChI is InChI=1S/C41H47N3O2/c1-38(2,3)28-18-21-42-36(25-28)44-34-15-11-10-14-32(34)33-17-16-30(26-35(33)44)45-31-23-27(22-29(24-31)39(4,5)6)37-43-40(7)19-12-9-13-20-41(40,8)46-37/h10-11,14-18,21-26H,9,12-13,19-20H2,1-8H3/t40-,41+/m1/s1. The van der Waals surface area contributed by atoms with E-state index in [9.17, 15) is 0 Å². The molecule has 1 aliphatic heterocycles. The van der Waals surface area contributed by atoms with Gasteiger partial charge in [0.05, 0.1) is 11.0 Å². The molecule has 5 aromatic rings. The van der Waals surface area contributed by atoms with Crippen LogP contribution < -0.4 is 4.74 Å². The topological polar surface area (TPSA) is 48.6 Å². The molecule has 1 saturated carbocycles. The van der Waals surface area contributed by atoms with Gasteiger partial charge in [0.2, 0.25) is 5.90 Å². The van der Waals surface area contributed by atoms with Crippen molar-refractivity contribution in [2.45, 2.75) is 109 Å². The third-order valence-electron chi connectivity index (χ3n) is 10.4. The molecule has 0 saturated heterocycles. The second-order valence-corrected chi connectivity index (χ2v) is 15.9. The second kappa shape index (κ2) is 10.7. The minimum absolute atomic E-state index is 0.0136. The number of nitrogens with zero attached hydrogens (tertiary/aromatic N) is 3. The number of aromatic nitrogens is 2. The molecule has 5 heteroatoms. The van der Waals surface area contributed by atoms with Crippen LogP contribution in [0.3, 0.4) is 0 Å². The van der Waals surface area contributed by atoms with Crippen LogP contribution in [0.4, 0.5) is 0 Å². The van der Waals surface area contributed by atoms with E-state index in [2.05, 4.69) is 133 Å². The van der Waals surface area contributed by atoms with Crippen molar-refractivity contribution in [1.82, 2.24) is 9.55 Å². The Balaban J connectivity index is 1.32. The number of hydrogen-bond donors (Lipinski definition) is 0. The van der Waals surface area contributed by atoms with Gasteiger partial charge in [-0.25, -0.2) is 9.98 Å². The average molecular weight is 614 g/mol. The normalized spacial score (nSPS) is 22.0. The van der Waals surface area contributed by atoms with Crippen molar-refractivity contribution in [3.8, 4) is 17.3 Å². The lowest BCUT2D eigenvalue weighted by molar-refractivity contribution is 0.0278. The van der Waals surface area contributed by atoms with Crippen molar-refractivity contribution < 1.29 is 9.47 Å². The molecule has 3 heterocycles. The highest BCUT2D eigenvalue weighted by Crippen LogP contribution is 2.47. The largest absolute Gasteiger partial charge is 0.469 e. The lowest BCUT2D eigenvalue weighted by atomic mass is 9.80. The summed E-state index contributed by atoms with van der Waals surface area (Å²) in [5, 5.41) is 2.36. The van der Waals surface area contributed by atoms with Crippen LogP contribution in [0, 0.1) is 0 Å². The van der Waals surface area contributed by atoms with Gasteiger partial charge < -0.3 is 9.47 Å². The summed E-state index contributed by atoms with van der Waals surface area (Å²) >= 11 is 0. The fraction of sp³-hybridized carbons (Fsp3) is 0.415. The number of rotatable bonds is 4. The summed E-state index contributed by atoms with van der Waals surface area (Å²) in [6.07, 6.45) is 7.62. The van der Waals surface area contributed by atoms with E-state index in [1.165, 1.54) is 41.2 Å². The first-order valence-electron chi connectivity index (χ1n) is 16.9. The molecule has 0 amide bonds. The van der Waals surface area contributed by atoms with Gasteiger partial charge >= 0.3 is 0 Å². The van der Waals surface area contributed by atoms with Crippen LogP contribution in [0.5, 0.6) is 11.5 Å². The molecule has 238 valence electrons. The van der Waals surface area contributed by atoms with Crippen LogP contribution in [0.15, 0.2) is 84.0 Å². The van der Waals surface area contributed by atoms with Gasteiger partial charge in [0.15, 0.2) is 0 Å². The molecule has 0 bridgehead atoms. The third-order valence-corrected chi connectivity index (χ3v) is 10.4. The first-order valence-corrected chi connectivity index (χ1v) is 16.9. The zero-order valence-corrected chi connectivity index (χ0v) is 28.7. The average Bonchev–Trinajstić information content (AvgIpc) is 3.41. The zero-order chi connectivity index (χ0) is 32.5. The highest BCUT2D eigenvalue weighted by atomic mass is 16.5. The summed E-state index contributed by atoms with van der Waals surface area (Å²) in [6, 6.07) is 25.8. The number of fused-ring (bicyclic) bond motifs is 4. The summed E-state index contributed by atoms with van der Waals surface area (Å²) in [5.74, 6) is 3.21. The van der Waals surface area contributed by atoms with Gasteiger partial charge in [0.1, 0.15) is 28.5 Å². The Morgan fingerprint density at radius 2 is 1.46 bits per heavy atom. The molecule has 0 N–H and O–H groups in total. The Bertz CT molecular complexity index is 1990. The first kappa shape index (κ1) is 30.5. The predicted octanol–water partition coefficient (Wildman–Crippen LogP) is 10.8. The lowest BCUT2D eigenvalue weighted by Gasteiger charge is -2.36. The van der Waals surface area contributed by atoms with Crippen molar-refractivity contribution >= 4 is 27.7 Å². The smallest absolute Gasteiger partial charge is 0.217 e. The van der Waals surface area contributed by atoms with Gasteiger partial charge in [-0.05, 0) is 104 Å². The Kier molecular flexibility index (Phi) is 7.11. The molecule has 0 radical (unpaired) electrons. The van der Waals surface area contributed by atoms with Crippen LogP contribution in [-0.2, 0) is 15.6 Å². The van der Waals surface area contributed by atoms with Gasteiger partial charge in [-0.15, -0.1) is 0 Å². The van der Waals surface area contributed by atoms with Crippen LogP contribution in [0.25, 0.3) is 27.6 Å². The molecule has 5 nitrogen and oxygen atoms in total. The number of ether oxygens (including phenoxy) is 2. The lowest BCUT2D eigenvalue weighted by Crippen LogP contribution is -2.45. The second-order valence-electron chi connectivity index (χ2n) is 15.9. The third kappa shape index (κ3) is 5.28. The van der Waals surface area contributed by atoms with Crippen molar-refractivity contribution in [1.29, 1.82) is 0 Å². The summed E-state index contributed by atoms with van der Waals surface area (Å²) in [6.45, 7) is 18.0.